The van der Waals surface area contributed by atoms with Gasteiger partial charge >= 0.3 is 0 Å². The summed E-state index contributed by atoms with van der Waals surface area (Å²) in [6, 6.07) is 3.80. The van der Waals surface area contributed by atoms with Gasteiger partial charge in [-0.05, 0) is 43.2 Å². The van der Waals surface area contributed by atoms with Gasteiger partial charge < -0.3 is 0 Å². The van der Waals surface area contributed by atoms with E-state index in [1.165, 1.54) is 11.8 Å². The molecular weight excluding hydrogens is 284 g/mol. The summed E-state index contributed by atoms with van der Waals surface area (Å²) in [5, 5.41) is 0.507. The van der Waals surface area contributed by atoms with Gasteiger partial charge in [-0.25, -0.2) is 17.7 Å². The van der Waals surface area contributed by atoms with Gasteiger partial charge in [0.15, 0.2) is 0 Å². The average Bonchev–Trinajstić information content (AvgIpc) is 2.57. The molecule has 1 aliphatic rings. The minimum atomic E-state index is -3.05. The maximum Gasteiger partial charge on any atom is 0.211 e. The van der Waals surface area contributed by atoms with Crippen molar-refractivity contribution in [2.75, 3.05) is 19.3 Å². The highest BCUT2D eigenvalue weighted by Gasteiger charge is 2.22. The van der Waals surface area contributed by atoms with Gasteiger partial charge in [0, 0.05) is 19.3 Å². The van der Waals surface area contributed by atoms with E-state index in [0.29, 0.717) is 24.2 Å². The predicted molar refractivity (Wildman–Crippen MR) is 76.7 cm³/mol. The van der Waals surface area contributed by atoms with Crippen LogP contribution >= 0.6 is 11.6 Å². The van der Waals surface area contributed by atoms with Crippen LogP contribution in [0.3, 0.4) is 0 Å². The van der Waals surface area contributed by atoms with Crippen molar-refractivity contribution in [3.63, 3.8) is 0 Å². The lowest BCUT2D eigenvalue weighted by molar-refractivity contribution is 0.413. The highest BCUT2D eigenvalue weighted by Crippen LogP contribution is 2.23. The molecule has 0 unspecified atom stereocenters. The van der Waals surface area contributed by atoms with Crippen LogP contribution in [0.1, 0.15) is 24.8 Å². The summed E-state index contributed by atoms with van der Waals surface area (Å²) in [7, 11) is -3.05. The number of hydrogen-bond donors (Lipinski definition) is 0. The molecule has 106 valence electrons. The number of sulfonamides is 1. The molecule has 0 radical (unpaired) electrons. The second-order valence-corrected chi connectivity index (χ2v) is 7.52. The highest BCUT2D eigenvalue weighted by molar-refractivity contribution is 7.88. The van der Waals surface area contributed by atoms with Crippen LogP contribution < -0.4 is 0 Å². The van der Waals surface area contributed by atoms with E-state index < -0.39 is 10.0 Å². The molecule has 1 saturated heterocycles. The molecule has 1 aromatic rings. The first-order chi connectivity index (χ1) is 8.95. The maximum absolute atomic E-state index is 11.5. The third kappa shape index (κ3) is 4.44. The number of aromatic nitrogens is 1. The smallest absolute Gasteiger partial charge is 0.211 e. The summed E-state index contributed by atoms with van der Waals surface area (Å²) in [5.41, 5.74) is 1.17. The molecule has 0 N–H and O–H groups in total. The standard InChI is InChI=1S/C13H19ClN2O2S/c1-19(17,18)16-7-2-3-11(6-8-16)9-12-4-5-13(14)15-10-12/h4-5,10-11H,2-3,6-9H2,1H3/t11-/m0/s1. The lowest BCUT2D eigenvalue weighted by Crippen LogP contribution is -2.30. The molecule has 0 bridgehead atoms. The zero-order valence-electron chi connectivity index (χ0n) is 11.0. The lowest BCUT2D eigenvalue weighted by Gasteiger charge is -2.17. The third-order valence-electron chi connectivity index (χ3n) is 3.59. The lowest BCUT2D eigenvalue weighted by atomic mass is 9.93. The van der Waals surface area contributed by atoms with Crippen LogP contribution in [0.25, 0.3) is 0 Å². The zero-order valence-corrected chi connectivity index (χ0v) is 12.6. The Labute approximate surface area is 119 Å². The molecule has 0 aliphatic carbocycles. The van der Waals surface area contributed by atoms with E-state index in [1.54, 1.807) is 10.4 Å². The van der Waals surface area contributed by atoms with E-state index in [0.717, 1.165) is 25.7 Å². The summed E-state index contributed by atoms with van der Waals surface area (Å²) in [5.74, 6) is 0.523. The minimum Gasteiger partial charge on any atom is -0.244 e. The Morgan fingerprint density at radius 2 is 2.16 bits per heavy atom. The van der Waals surface area contributed by atoms with Crippen molar-refractivity contribution in [3.05, 3.63) is 29.0 Å². The van der Waals surface area contributed by atoms with Gasteiger partial charge in [0.1, 0.15) is 5.15 Å². The number of nitrogens with zero attached hydrogens (tertiary/aromatic N) is 2. The maximum atomic E-state index is 11.5. The molecule has 6 heteroatoms. The molecule has 0 spiro atoms. The first kappa shape index (κ1) is 14.8. The zero-order chi connectivity index (χ0) is 13.9. The molecule has 0 amide bonds. The van der Waals surface area contributed by atoms with E-state index in [1.807, 2.05) is 12.3 Å². The van der Waals surface area contributed by atoms with Crippen LogP contribution in [0.4, 0.5) is 0 Å². The monoisotopic (exact) mass is 302 g/mol. The SMILES string of the molecule is CS(=O)(=O)N1CCC[C@H](Cc2ccc(Cl)nc2)CC1. The van der Waals surface area contributed by atoms with Crippen molar-refractivity contribution in [2.24, 2.45) is 5.92 Å². The third-order valence-corrected chi connectivity index (χ3v) is 5.12. The van der Waals surface area contributed by atoms with Crippen LogP contribution in [0.5, 0.6) is 0 Å². The minimum absolute atomic E-state index is 0.507. The first-order valence-corrected chi connectivity index (χ1v) is 8.73. The Hall–Kier alpha value is -0.650. The van der Waals surface area contributed by atoms with Crippen LogP contribution in [-0.4, -0.2) is 37.1 Å². The van der Waals surface area contributed by atoms with Crippen molar-refractivity contribution in [1.82, 2.24) is 9.29 Å². The summed E-state index contributed by atoms with van der Waals surface area (Å²) in [6.07, 6.45) is 6.95. The summed E-state index contributed by atoms with van der Waals surface area (Å²) in [4.78, 5) is 4.08. The molecule has 1 aromatic heterocycles. The molecule has 19 heavy (non-hydrogen) atoms. The highest BCUT2D eigenvalue weighted by atomic mass is 35.5. The van der Waals surface area contributed by atoms with Gasteiger partial charge in [-0.15, -0.1) is 0 Å². The molecule has 1 fully saturated rings. The quantitative estimate of drug-likeness (QED) is 0.805. The fourth-order valence-corrected chi connectivity index (χ4v) is 3.54. The average molecular weight is 303 g/mol. The van der Waals surface area contributed by atoms with Crippen LogP contribution in [0, 0.1) is 5.92 Å². The summed E-state index contributed by atoms with van der Waals surface area (Å²) in [6.45, 7) is 1.28. The van der Waals surface area contributed by atoms with Gasteiger partial charge in [0.2, 0.25) is 10.0 Å². The van der Waals surface area contributed by atoms with Gasteiger partial charge in [0.05, 0.1) is 6.26 Å². The van der Waals surface area contributed by atoms with Gasteiger partial charge in [-0.3, -0.25) is 0 Å². The molecular formula is C13H19ClN2O2S. The van der Waals surface area contributed by atoms with Crippen molar-refractivity contribution >= 4 is 21.6 Å². The number of rotatable bonds is 3. The van der Waals surface area contributed by atoms with E-state index in [4.69, 9.17) is 11.6 Å². The normalized spacial score (nSPS) is 22.1. The van der Waals surface area contributed by atoms with Crippen molar-refractivity contribution in [1.29, 1.82) is 0 Å². The van der Waals surface area contributed by atoms with Crippen molar-refractivity contribution in [3.8, 4) is 0 Å². The number of halogens is 1. The van der Waals surface area contributed by atoms with Gasteiger partial charge in [-0.1, -0.05) is 17.7 Å². The fourth-order valence-electron chi connectivity index (χ4n) is 2.54. The molecule has 0 saturated carbocycles. The Kier molecular flexibility index (Phi) is 4.81. The number of pyridine rings is 1. The topological polar surface area (TPSA) is 50.3 Å². The van der Waals surface area contributed by atoms with E-state index in [9.17, 15) is 8.42 Å². The Morgan fingerprint density at radius 3 is 2.79 bits per heavy atom. The van der Waals surface area contributed by atoms with Crippen LogP contribution in [0.15, 0.2) is 18.3 Å². The van der Waals surface area contributed by atoms with E-state index >= 15 is 0 Å². The van der Waals surface area contributed by atoms with Crippen molar-refractivity contribution < 1.29 is 8.42 Å². The first-order valence-electron chi connectivity index (χ1n) is 6.51. The molecule has 1 aliphatic heterocycles. The van der Waals surface area contributed by atoms with Crippen molar-refractivity contribution in [2.45, 2.75) is 25.7 Å². The van der Waals surface area contributed by atoms with Gasteiger partial charge in [0.25, 0.3) is 0 Å². The van der Waals surface area contributed by atoms with E-state index in [-0.39, 0.29) is 0 Å². The molecule has 2 rings (SSSR count). The molecule has 1 atom stereocenters. The molecule has 0 aromatic carbocycles. The van der Waals surface area contributed by atoms with Gasteiger partial charge in [-0.2, -0.15) is 0 Å². The Morgan fingerprint density at radius 1 is 1.37 bits per heavy atom. The second kappa shape index (κ2) is 6.20. The summed E-state index contributed by atoms with van der Waals surface area (Å²) < 4.78 is 24.7. The Balaban J connectivity index is 1.94. The van der Waals surface area contributed by atoms with Crippen LogP contribution in [0.2, 0.25) is 5.15 Å². The van der Waals surface area contributed by atoms with E-state index in [2.05, 4.69) is 4.98 Å². The largest absolute Gasteiger partial charge is 0.244 e. The molecule has 4 nitrogen and oxygen atoms in total. The Bertz CT molecular complexity index is 516. The molecule has 2 heterocycles. The second-order valence-electron chi connectivity index (χ2n) is 5.15. The summed E-state index contributed by atoms with van der Waals surface area (Å²) >= 11 is 5.77. The number of hydrogen-bond acceptors (Lipinski definition) is 3. The predicted octanol–water partition coefficient (Wildman–Crippen LogP) is 2.34. The fraction of sp³-hybridized carbons (Fsp3) is 0.615. The van der Waals surface area contributed by atoms with Crippen LogP contribution in [-0.2, 0) is 16.4 Å².